The molecule has 2 aromatic rings. The standard InChI is InChI=1S/C12H11FN4S2/c1-17(2)11-15-16-12(19-11)18-7-9-4-3-8(6-14)5-10(9)13/h3-5H,7H2,1-2H3. The van der Waals surface area contributed by atoms with Gasteiger partial charge < -0.3 is 4.90 Å². The number of aromatic nitrogens is 2. The average Bonchev–Trinajstić information content (AvgIpc) is 2.86. The first-order valence-corrected chi connectivity index (χ1v) is 7.22. The minimum absolute atomic E-state index is 0.331. The molecule has 7 heteroatoms. The summed E-state index contributed by atoms with van der Waals surface area (Å²) in [5.41, 5.74) is 0.891. The van der Waals surface area contributed by atoms with Gasteiger partial charge in [-0.15, -0.1) is 10.2 Å². The van der Waals surface area contributed by atoms with Crippen molar-refractivity contribution in [3.05, 3.63) is 35.1 Å². The van der Waals surface area contributed by atoms with E-state index in [2.05, 4.69) is 10.2 Å². The topological polar surface area (TPSA) is 52.8 Å². The summed E-state index contributed by atoms with van der Waals surface area (Å²) in [7, 11) is 3.80. The molecule has 0 aliphatic carbocycles. The molecule has 0 saturated carbocycles. The number of rotatable bonds is 4. The maximum atomic E-state index is 13.7. The first-order valence-electron chi connectivity index (χ1n) is 5.42. The van der Waals surface area contributed by atoms with E-state index in [9.17, 15) is 4.39 Å². The number of halogens is 1. The maximum Gasteiger partial charge on any atom is 0.208 e. The van der Waals surface area contributed by atoms with Crippen LogP contribution in [-0.4, -0.2) is 24.3 Å². The molecule has 1 heterocycles. The minimum Gasteiger partial charge on any atom is -0.353 e. The molecule has 0 unspecified atom stereocenters. The van der Waals surface area contributed by atoms with Gasteiger partial charge in [0.05, 0.1) is 11.6 Å². The molecule has 0 spiro atoms. The van der Waals surface area contributed by atoms with Crippen LogP contribution in [0.4, 0.5) is 9.52 Å². The lowest BCUT2D eigenvalue weighted by Gasteiger charge is -2.04. The predicted octanol–water partition coefficient (Wildman–Crippen LogP) is 2.91. The summed E-state index contributed by atoms with van der Waals surface area (Å²) in [4.78, 5) is 1.88. The monoisotopic (exact) mass is 294 g/mol. The van der Waals surface area contributed by atoms with Crippen LogP contribution in [0.25, 0.3) is 0 Å². The molecule has 0 aliphatic heterocycles. The Labute approximate surface area is 118 Å². The van der Waals surface area contributed by atoms with Gasteiger partial charge in [0.2, 0.25) is 5.13 Å². The van der Waals surface area contributed by atoms with Crippen LogP contribution in [0.15, 0.2) is 22.5 Å². The SMILES string of the molecule is CN(C)c1nnc(SCc2ccc(C#N)cc2F)s1. The van der Waals surface area contributed by atoms with Crippen molar-refractivity contribution in [1.82, 2.24) is 10.2 Å². The number of nitrogens with zero attached hydrogens (tertiary/aromatic N) is 4. The highest BCUT2D eigenvalue weighted by Gasteiger charge is 2.09. The van der Waals surface area contributed by atoms with Crippen molar-refractivity contribution in [3.63, 3.8) is 0 Å². The Morgan fingerprint density at radius 1 is 1.42 bits per heavy atom. The van der Waals surface area contributed by atoms with Crippen LogP contribution in [-0.2, 0) is 5.75 Å². The van der Waals surface area contributed by atoms with Crippen molar-refractivity contribution < 1.29 is 4.39 Å². The van der Waals surface area contributed by atoms with Gasteiger partial charge in [0.15, 0.2) is 4.34 Å². The van der Waals surface area contributed by atoms with Crippen LogP contribution in [0, 0.1) is 17.1 Å². The van der Waals surface area contributed by atoms with E-state index in [1.54, 1.807) is 12.1 Å². The van der Waals surface area contributed by atoms with Crippen LogP contribution in [0.3, 0.4) is 0 Å². The molecule has 19 heavy (non-hydrogen) atoms. The second-order valence-corrected chi connectivity index (χ2v) is 6.13. The zero-order chi connectivity index (χ0) is 13.8. The molecule has 0 aliphatic rings. The van der Waals surface area contributed by atoms with Gasteiger partial charge in [0.1, 0.15) is 5.82 Å². The third-order valence-electron chi connectivity index (χ3n) is 2.31. The highest BCUT2D eigenvalue weighted by molar-refractivity contribution is 8.00. The van der Waals surface area contributed by atoms with E-state index in [4.69, 9.17) is 5.26 Å². The van der Waals surface area contributed by atoms with Crippen molar-refractivity contribution in [3.8, 4) is 6.07 Å². The third kappa shape index (κ3) is 3.43. The Balaban J connectivity index is 2.04. The molecular formula is C12H11FN4S2. The van der Waals surface area contributed by atoms with Gasteiger partial charge in [-0.3, -0.25) is 0 Å². The highest BCUT2D eigenvalue weighted by atomic mass is 32.2. The number of anilines is 1. The normalized spacial score (nSPS) is 10.2. The molecule has 0 N–H and O–H groups in total. The fourth-order valence-electron chi connectivity index (χ4n) is 1.31. The highest BCUT2D eigenvalue weighted by Crippen LogP contribution is 2.30. The molecule has 0 radical (unpaired) electrons. The summed E-state index contributed by atoms with van der Waals surface area (Å²) < 4.78 is 14.5. The fourth-order valence-corrected chi connectivity index (χ4v) is 3.06. The van der Waals surface area contributed by atoms with Crippen LogP contribution in [0.5, 0.6) is 0 Å². The lowest BCUT2D eigenvalue weighted by atomic mass is 10.1. The molecule has 0 atom stereocenters. The summed E-state index contributed by atoms with van der Waals surface area (Å²) in [6.07, 6.45) is 0. The average molecular weight is 294 g/mol. The van der Waals surface area contributed by atoms with E-state index in [1.165, 1.54) is 29.2 Å². The van der Waals surface area contributed by atoms with Gasteiger partial charge >= 0.3 is 0 Å². The Kier molecular flexibility index (Phi) is 4.35. The van der Waals surface area contributed by atoms with E-state index < -0.39 is 0 Å². The number of benzene rings is 1. The molecule has 1 aromatic heterocycles. The molecule has 0 fully saturated rings. The van der Waals surface area contributed by atoms with Crippen molar-refractivity contribution in [2.75, 3.05) is 19.0 Å². The fraction of sp³-hybridized carbons (Fsp3) is 0.250. The zero-order valence-electron chi connectivity index (χ0n) is 10.4. The second-order valence-electron chi connectivity index (χ2n) is 3.95. The smallest absolute Gasteiger partial charge is 0.208 e. The first kappa shape index (κ1) is 13.8. The number of thioether (sulfide) groups is 1. The summed E-state index contributed by atoms with van der Waals surface area (Å²) in [5.74, 6) is 0.114. The molecule has 4 nitrogen and oxygen atoms in total. The minimum atomic E-state index is -0.358. The van der Waals surface area contributed by atoms with Gasteiger partial charge in [-0.1, -0.05) is 29.2 Å². The van der Waals surface area contributed by atoms with E-state index >= 15 is 0 Å². The van der Waals surface area contributed by atoms with E-state index in [0.717, 1.165) is 9.47 Å². The summed E-state index contributed by atoms with van der Waals surface area (Å²) >= 11 is 2.90. The number of nitriles is 1. The van der Waals surface area contributed by atoms with Gasteiger partial charge in [0, 0.05) is 19.8 Å². The van der Waals surface area contributed by atoms with Crippen molar-refractivity contribution in [2.24, 2.45) is 0 Å². The summed E-state index contributed by atoms with van der Waals surface area (Å²) in [6, 6.07) is 6.41. The lowest BCUT2D eigenvalue weighted by Crippen LogP contribution is -2.07. The van der Waals surface area contributed by atoms with Crippen LogP contribution in [0.1, 0.15) is 11.1 Å². The van der Waals surface area contributed by atoms with Crippen molar-refractivity contribution in [1.29, 1.82) is 5.26 Å². The molecular weight excluding hydrogens is 283 g/mol. The van der Waals surface area contributed by atoms with Gasteiger partial charge in [-0.25, -0.2) is 4.39 Å². The van der Waals surface area contributed by atoms with Gasteiger partial charge in [-0.05, 0) is 17.7 Å². The molecule has 0 amide bonds. The summed E-state index contributed by atoms with van der Waals surface area (Å²) in [5, 5.41) is 17.5. The van der Waals surface area contributed by atoms with E-state index in [0.29, 0.717) is 16.9 Å². The second kappa shape index (κ2) is 5.99. The molecule has 1 aromatic carbocycles. The van der Waals surface area contributed by atoms with E-state index in [1.807, 2.05) is 25.1 Å². The van der Waals surface area contributed by atoms with Crippen LogP contribution < -0.4 is 4.90 Å². The third-order valence-corrected chi connectivity index (χ3v) is 4.58. The van der Waals surface area contributed by atoms with Gasteiger partial charge in [0.25, 0.3) is 0 Å². The maximum absolute atomic E-state index is 13.7. The van der Waals surface area contributed by atoms with Gasteiger partial charge in [-0.2, -0.15) is 5.26 Å². The Morgan fingerprint density at radius 3 is 2.79 bits per heavy atom. The Morgan fingerprint density at radius 2 is 2.21 bits per heavy atom. The predicted molar refractivity (Wildman–Crippen MR) is 74.9 cm³/mol. The molecule has 0 bridgehead atoms. The zero-order valence-corrected chi connectivity index (χ0v) is 12.1. The van der Waals surface area contributed by atoms with Crippen molar-refractivity contribution in [2.45, 2.75) is 10.1 Å². The van der Waals surface area contributed by atoms with Crippen LogP contribution >= 0.6 is 23.1 Å². The lowest BCUT2D eigenvalue weighted by molar-refractivity contribution is 0.617. The van der Waals surface area contributed by atoms with E-state index in [-0.39, 0.29) is 5.82 Å². The number of hydrogen-bond acceptors (Lipinski definition) is 6. The van der Waals surface area contributed by atoms with Crippen molar-refractivity contribution >= 4 is 28.2 Å². The first-order chi connectivity index (χ1) is 9.10. The quantitative estimate of drug-likeness (QED) is 0.812. The number of hydrogen-bond donors (Lipinski definition) is 0. The Bertz CT molecular complexity index is 618. The molecule has 98 valence electrons. The largest absolute Gasteiger partial charge is 0.353 e. The van der Waals surface area contributed by atoms with Crippen LogP contribution in [0.2, 0.25) is 0 Å². The molecule has 2 rings (SSSR count). The Hall–Kier alpha value is -1.65. The molecule has 0 saturated heterocycles. The summed E-state index contributed by atoms with van der Waals surface area (Å²) in [6.45, 7) is 0.